The van der Waals surface area contributed by atoms with Crippen molar-refractivity contribution in [1.82, 2.24) is 15.0 Å². The molecule has 0 aliphatic rings. The van der Waals surface area contributed by atoms with Crippen LogP contribution in [-0.4, -0.2) is 65.1 Å². The molecule has 0 bridgehead atoms. The summed E-state index contributed by atoms with van der Waals surface area (Å²) in [6.07, 6.45) is 4.47. The van der Waals surface area contributed by atoms with Crippen molar-refractivity contribution in [3.63, 3.8) is 0 Å². The van der Waals surface area contributed by atoms with E-state index in [-0.39, 0.29) is 31.3 Å². The van der Waals surface area contributed by atoms with Crippen molar-refractivity contribution in [1.29, 1.82) is 0 Å². The second-order valence-corrected chi connectivity index (χ2v) is 11.6. The number of hydrogen-bond donors (Lipinski definition) is 2. The highest BCUT2D eigenvalue weighted by atomic mass is 32.2. The van der Waals surface area contributed by atoms with Crippen LogP contribution in [-0.2, 0) is 26.2 Å². The molecule has 2 heterocycles. The molecule has 0 radical (unpaired) electrons. The molecule has 0 fully saturated rings. The molecule has 2 aromatic heterocycles. The second kappa shape index (κ2) is 13.6. The number of aromatic nitrogens is 3. The molecule has 12 heteroatoms. The Morgan fingerprint density at radius 2 is 1.85 bits per heavy atom. The van der Waals surface area contributed by atoms with Gasteiger partial charge in [0.1, 0.15) is 12.4 Å². The molecule has 1 aromatic carbocycles. The molecular weight excluding hydrogens is 539 g/mol. The monoisotopic (exact) mass is 572 g/mol. The number of pyridine rings is 1. The summed E-state index contributed by atoms with van der Waals surface area (Å²) in [7, 11) is -2.33. The number of aliphatic hydroxyl groups is 2. The SMILES string of the molecule is CC(C)c1nc(N(C)S(C)(=O)=O)nc(-c2ccc(F)cc2)c1/C=C/[C@@H](O)C[C@H](O)CC(=O)OCc1cccnc1. The third-order valence-corrected chi connectivity index (χ3v) is 7.09. The minimum absolute atomic E-state index is 0.0243. The minimum Gasteiger partial charge on any atom is -0.461 e. The van der Waals surface area contributed by atoms with Crippen LogP contribution in [0.1, 0.15) is 49.4 Å². The summed E-state index contributed by atoms with van der Waals surface area (Å²) in [6.45, 7) is 3.77. The van der Waals surface area contributed by atoms with Crippen molar-refractivity contribution in [3.05, 3.63) is 77.5 Å². The van der Waals surface area contributed by atoms with E-state index in [2.05, 4.69) is 15.0 Å². The molecule has 0 amide bonds. The van der Waals surface area contributed by atoms with Gasteiger partial charge in [-0.25, -0.2) is 27.1 Å². The first-order valence-electron chi connectivity index (χ1n) is 12.6. The number of aliphatic hydroxyl groups excluding tert-OH is 2. The van der Waals surface area contributed by atoms with Crippen molar-refractivity contribution in [2.24, 2.45) is 0 Å². The van der Waals surface area contributed by atoms with E-state index >= 15 is 0 Å². The predicted octanol–water partition coefficient (Wildman–Crippen LogP) is 3.46. The van der Waals surface area contributed by atoms with Crippen LogP contribution >= 0.6 is 0 Å². The topological polar surface area (TPSA) is 143 Å². The predicted molar refractivity (Wildman–Crippen MR) is 149 cm³/mol. The molecule has 0 aliphatic carbocycles. The van der Waals surface area contributed by atoms with Gasteiger partial charge >= 0.3 is 5.97 Å². The first kappa shape index (κ1) is 30.8. The van der Waals surface area contributed by atoms with E-state index in [0.717, 1.165) is 10.6 Å². The van der Waals surface area contributed by atoms with Crippen LogP contribution in [0.15, 0.2) is 54.9 Å². The van der Waals surface area contributed by atoms with Crippen molar-refractivity contribution < 1.29 is 32.6 Å². The van der Waals surface area contributed by atoms with E-state index in [4.69, 9.17) is 4.74 Å². The van der Waals surface area contributed by atoms with Gasteiger partial charge in [0.25, 0.3) is 0 Å². The molecule has 214 valence electrons. The summed E-state index contributed by atoms with van der Waals surface area (Å²) < 4.78 is 44.1. The lowest BCUT2D eigenvalue weighted by Gasteiger charge is -2.20. The van der Waals surface area contributed by atoms with E-state index < -0.39 is 34.0 Å². The normalized spacial score (nSPS) is 13.4. The first-order valence-corrected chi connectivity index (χ1v) is 14.4. The van der Waals surface area contributed by atoms with Crippen LogP contribution in [0, 0.1) is 5.82 Å². The van der Waals surface area contributed by atoms with Crippen LogP contribution in [0.3, 0.4) is 0 Å². The fraction of sp³-hybridized carbons (Fsp3) is 0.357. The summed E-state index contributed by atoms with van der Waals surface area (Å²) in [6, 6.07) is 9.03. The van der Waals surface area contributed by atoms with Gasteiger partial charge < -0.3 is 14.9 Å². The molecule has 3 rings (SSSR count). The zero-order valence-corrected chi connectivity index (χ0v) is 23.5. The number of anilines is 1. The molecule has 2 N–H and O–H groups in total. The quantitative estimate of drug-likeness (QED) is 0.312. The molecule has 0 saturated heterocycles. The number of carbonyl (C=O) groups excluding carboxylic acids is 1. The number of hydrogen-bond acceptors (Lipinski definition) is 9. The van der Waals surface area contributed by atoms with Crippen molar-refractivity contribution in [2.75, 3.05) is 17.6 Å². The smallest absolute Gasteiger partial charge is 0.308 e. The zero-order valence-electron chi connectivity index (χ0n) is 22.7. The van der Waals surface area contributed by atoms with Crippen molar-refractivity contribution >= 4 is 28.0 Å². The lowest BCUT2D eigenvalue weighted by Crippen LogP contribution is -2.27. The second-order valence-electron chi connectivity index (χ2n) is 9.61. The van der Waals surface area contributed by atoms with Gasteiger partial charge in [-0.2, -0.15) is 0 Å². The average molecular weight is 573 g/mol. The third-order valence-electron chi connectivity index (χ3n) is 5.93. The molecule has 3 aromatic rings. The first-order chi connectivity index (χ1) is 18.8. The summed E-state index contributed by atoms with van der Waals surface area (Å²) in [5.41, 5.74) is 2.56. The van der Waals surface area contributed by atoms with Crippen LogP contribution in [0.25, 0.3) is 17.3 Å². The molecular formula is C28H33FN4O6S. The summed E-state index contributed by atoms with van der Waals surface area (Å²) in [4.78, 5) is 25.0. The van der Waals surface area contributed by atoms with Crippen molar-refractivity contribution in [2.45, 2.75) is 51.4 Å². The zero-order chi connectivity index (χ0) is 29.4. The molecule has 0 unspecified atom stereocenters. The largest absolute Gasteiger partial charge is 0.461 e. The van der Waals surface area contributed by atoms with Gasteiger partial charge in [-0.3, -0.25) is 9.78 Å². The number of carbonyl (C=O) groups is 1. The number of nitrogens with zero attached hydrogens (tertiary/aromatic N) is 4. The van der Waals surface area contributed by atoms with Gasteiger partial charge in [-0.05, 0) is 36.2 Å². The molecule has 0 spiro atoms. The standard InChI is InChI=1S/C28H33FN4O6S/c1-18(2)26-24(12-11-22(34)14-23(35)15-25(36)39-17-19-6-5-13-30-16-19)27(20-7-9-21(29)10-8-20)32-28(31-26)33(3)40(4,37)38/h5-13,16,18,22-23,34-35H,14-15,17H2,1-4H3/b12-11+/t22-,23+/m1/s1. The third kappa shape index (κ3) is 8.63. The van der Waals surface area contributed by atoms with Crippen LogP contribution < -0.4 is 4.31 Å². The van der Waals surface area contributed by atoms with Gasteiger partial charge in [0.05, 0.1) is 36.3 Å². The number of sulfonamides is 1. The number of esters is 1. The highest BCUT2D eigenvalue weighted by Gasteiger charge is 2.23. The summed E-state index contributed by atoms with van der Waals surface area (Å²) in [5.74, 6) is -1.29. The highest BCUT2D eigenvalue weighted by Crippen LogP contribution is 2.31. The summed E-state index contributed by atoms with van der Waals surface area (Å²) >= 11 is 0. The highest BCUT2D eigenvalue weighted by molar-refractivity contribution is 7.92. The number of benzene rings is 1. The number of halogens is 1. The fourth-order valence-corrected chi connectivity index (χ4v) is 4.12. The van der Waals surface area contributed by atoms with E-state index in [0.29, 0.717) is 28.1 Å². The van der Waals surface area contributed by atoms with E-state index in [9.17, 15) is 27.8 Å². The Hall–Kier alpha value is -3.74. The van der Waals surface area contributed by atoms with Gasteiger partial charge in [0, 0.05) is 42.6 Å². The average Bonchev–Trinajstić information content (AvgIpc) is 2.90. The minimum atomic E-state index is -3.66. The molecule has 10 nitrogen and oxygen atoms in total. The Morgan fingerprint density at radius 3 is 2.45 bits per heavy atom. The van der Waals surface area contributed by atoms with Crippen LogP contribution in [0.5, 0.6) is 0 Å². The Labute approximate surface area is 233 Å². The van der Waals surface area contributed by atoms with Crippen molar-refractivity contribution in [3.8, 4) is 11.3 Å². The van der Waals surface area contributed by atoms with Crippen LogP contribution in [0.2, 0.25) is 0 Å². The lowest BCUT2D eigenvalue weighted by atomic mass is 9.97. The number of rotatable bonds is 12. The maximum Gasteiger partial charge on any atom is 0.308 e. The van der Waals surface area contributed by atoms with Gasteiger partial charge in [-0.1, -0.05) is 32.1 Å². The Balaban J connectivity index is 1.83. The van der Waals surface area contributed by atoms with Gasteiger partial charge in [-0.15, -0.1) is 0 Å². The van der Waals surface area contributed by atoms with Gasteiger partial charge in [0.2, 0.25) is 16.0 Å². The van der Waals surface area contributed by atoms with Crippen LogP contribution in [0.4, 0.5) is 10.3 Å². The Bertz CT molecular complexity index is 1430. The molecule has 0 aliphatic heterocycles. The number of ether oxygens (including phenoxy) is 1. The van der Waals surface area contributed by atoms with E-state index in [1.54, 1.807) is 30.6 Å². The fourth-order valence-electron chi connectivity index (χ4n) is 3.74. The van der Waals surface area contributed by atoms with Gasteiger partial charge in [0.15, 0.2) is 0 Å². The lowest BCUT2D eigenvalue weighted by molar-refractivity contribution is -0.147. The maximum atomic E-state index is 13.6. The van der Waals surface area contributed by atoms with E-state index in [1.807, 2.05) is 13.8 Å². The molecule has 2 atom stereocenters. The molecule has 0 saturated carbocycles. The maximum absolute atomic E-state index is 13.6. The summed E-state index contributed by atoms with van der Waals surface area (Å²) in [5, 5.41) is 20.9. The Morgan fingerprint density at radius 1 is 1.15 bits per heavy atom. The van der Waals surface area contributed by atoms with E-state index in [1.165, 1.54) is 37.4 Å². The molecule has 40 heavy (non-hydrogen) atoms. The Kier molecular flexibility index (Phi) is 10.4.